The average Bonchev–Trinajstić information content (AvgIpc) is 2.36. The molecule has 0 bridgehead atoms. The third kappa shape index (κ3) is 3.97. The monoisotopic (exact) mass is 279 g/mol. The number of aryl methyl sites for hydroxylation is 1. The molecule has 1 amide bonds. The summed E-state index contributed by atoms with van der Waals surface area (Å²) in [5.41, 5.74) is 2.14. The van der Waals surface area contributed by atoms with Crippen LogP contribution in [-0.2, 0) is 11.2 Å². The molecule has 1 aliphatic carbocycles. The van der Waals surface area contributed by atoms with Crippen LogP contribution in [0.25, 0.3) is 0 Å². The molecule has 3 heteroatoms. The first-order valence-corrected chi connectivity index (χ1v) is 7.48. The van der Waals surface area contributed by atoms with E-state index in [0.717, 1.165) is 22.6 Å². The van der Waals surface area contributed by atoms with Gasteiger partial charge in [0.25, 0.3) is 0 Å². The van der Waals surface area contributed by atoms with Crippen molar-refractivity contribution >= 4 is 17.5 Å². The maximum Gasteiger partial charge on any atom is 0.224 e. The van der Waals surface area contributed by atoms with Gasteiger partial charge in [-0.3, -0.25) is 4.79 Å². The second kappa shape index (κ2) is 6.42. The first kappa shape index (κ1) is 14.4. The van der Waals surface area contributed by atoms with Crippen molar-refractivity contribution in [1.29, 1.82) is 0 Å². The summed E-state index contributed by atoms with van der Waals surface area (Å²) in [5.74, 6) is 0.730. The Labute approximate surface area is 120 Å². The van der Waals surface area contributed by atoms with Crippen LogP contribution in [0.2, 0.25) is 5.02 Å². The molecule has 2 atom stereocenters. The van der Waals surface area contributed by atoms with Crippen LogP contribution in [0.4, 0.5) is 0 Å². The van der Waals surface area contributed by atoms with Crippen molar-refractivity contribution in [3.05, 3.63) is 34.3 Å². The van der Waals surface area contributed by atoms with E-state index < -0.39 is 0 Å². The maximum atomic E-state index is 12.1. The second-order valence-electron chi connectivity index (χ2n) is 5.68. The molecule has 0 radical (unpaired) electrons. The van der Waals surface area contributed by atoms with E-state index in [1.54, 1.807) is 0 Å². The minimum absolute atomic E-state index is 0.129. The zero-order valence-electron chi connectivity index (χ0n) is 11.7. The highest BCUT2D eigenvalue weighted by atomic mass is 35.5. The Balaban J connectivity index is 1.93. The van der Waals surface area contributed by atoms with E-state index in [9.17, 15) is 4.79 Å². The van der Waals surface area contributed by atoms with Gasteiger partial charge in [-0.2, -0.15) is 0 Å². The number of nitrogens with one attached hydrogen (secondary N) is 1. The summed E-state index contributed by atoms with van der Waals surface area (Å²) in [6.07, 6.45) is 5.32. The Morgan fingerprint density at radius 2 is 2.11 bits per heavy atom. The number of hydrogen-bond acceptors (Lipinski definition) is 1. The van der Waals surface area contributed by atoms with Crippen molar-refractivity contribution in [2.45, 2.75) is 52.0 Å². The standard InChI is InChI=1S/C16H22ClNO/c1-11-5-3-4-6-15(11)18-16(19)10-13-7-8-14(17)9-12(13)2/h7-9,11,15H,3-6,10H2,1-2H3,(H,18,19). The molecule has 1 aromatic carbocycles. The van der Waals surface area contributed by atoms with Gasteiger partial charge in [-0.1, -0.05) is 37.4 Å². The predicted octanol–water partition coefficient (Wildman–Crippen LogP) is 3.89. The topological polar surface area (TPSA) is 29.1 Å². The number of carbonyl (C=O) groups excluding carboxylic acids is 1. The van der Waals surface area contributed by atoms with E-state index in [0.29, 0.717) is 18.4 Å². The fraction of sp³-hybridized carbons (Fsp3) is 0.562. The van der Waals surface area contributed by atoms with Crippen molar-refractivity contribution < 1.29 is 4.79 Å². The highest BCUT2D eigenvalue weighted by Gasteiger charge is 2.22. The maximum absolute atomic E-state index is 12.1. The summed E-state index contributed by atoms with van der Waals surface area (Å²) >= 11 is 5.93. The van der Waals surface area contributed by atoms with Crippen LogP contribution in [0.3, 0.4) is 0 Å². The minimum atomic E-state index is 0.129. The number of amides is 1. The number of carbonyl (C=O) groups is 1. The van der Waals surface area contributed by atoms with Gasteiger partial charge in [-0.25, -0.2) is 0 Å². The van der Waals surface area contributed by atoms with Crippen molar-refractivity contribution in [1.82, 2.24) is 5.32 Å². The highest BCUT2D eigenvalue weighted by molar-refractivity contribution is 6.30. The van der Waals surface area contributed by atoms with Gasteiger partial charge in [-0.15, -0.1) is 0 Å². The van der Waals surface area contributed by atoms with Crippen molar-refractivity contribution in [2.24, 2.45) is 5.92 Å². The molecule has 2 unspecified atom stereocenters. The van der Waals surface area contributed by atoms with Crippen LogP contribution >= 0.6 is 11.6 Å². The minimum Gasteiger partial charge on any atom is -0.353 e. The summed E-state index contributed by atoms with van der Waals surface area (Å²) in [5, 5.41) is 3.91. The molecule has 0 aliphatic heterocycles. The smallest absolute Gasteiger partial charge is 0.224 e. The third-order valence-corrected chi connectivity index (χ3v) is 4.35. The molecule has 104 valence electrons. The molecule has 0 heterocycles. The van der Waals surface area contributed by atoms with Crippen LogP contribution in [0, 0.1) is 12.8 Å². The fourth-order valence-electron chi connectivity index (χ4n) is 2.82. The van der Waals surface area contributed by atoms with Gasteiger partial charge in [0.15, 0.2) is 0 Å². The molecular weight excluding hydrogens is 258 g/mol. The highest BCUT2D eigenvalue weighted by Crippen LogP contribution is 2.24. The predicted molar refractivity (Wildman–Crippen MR) is 79.5 cm³/mol. The van der Waals surface area contributed by atoms with Gasteiger partial charge in [0.05, 0.1) is 6.42 Å². The largest absolute Gasteiger partial charge is 0.353 e. The number of hydrogen-bond donors (Lipinski definition) is 1. The molecule has 2 nitrogen and oxygen atoms in total. The van der Waals surface area contributed by atoms with Gasteiger partial charge in [0.2, 0.25) is 5.91 Å². The van der Waals surface area contributed by atoms with Crippen LogP contribution < -0.4 is 5.32 Å². The zero-order chi connectivity index (χ0) is 13.8. The molecule has 1 fully saturated rings. The van der Waals surface area contributed by atoms with Gasteiger partial charge < -0.3 is 5.32 Å². The molecule has 1 N–H and O–H groups in total. The fourth-order valence-corrected chi connectivity index (χ4v) is 3.05. The Bertz CT molecular complexity index is 458. The summed E-state index contributed by atoms with van der Waals surface area (Å²) < 4.78 is 0. The van der Waals surface area contributed by atoms with E-state index in [-0.39, 0.29) is 5.91 Å². The lowest BCUT2D eigenvalue weighted by Gasteiger charge is -2.29. The molecule has 1 aliphatic rings. The quantitative estimate of drug-likeness (QED) is 0.894. The van der Waals surface area contributed by atoms with E-state index >= 15 is 0 Å². The number of halogens is 1. The van der Waals surface area contributed by atoms with E-state index in [1.165, 1.54) is 19.3 Å². The summed E-state index contributed by atoms with van der Waals surface area (Å²) in [6.45, 7) is 4.23. The van der Waals surface area contributed by atoms with Crippen LogP contribution in [0.5, 0.6) is 0 Å². The van der Waals surface area contributed by atoms with Crippen molar-refractivity contribution in [2.75, 3.05) is 0 Å². The molecule has 0 aromatic heterocycles. The molecule has 2 rings (SSSR count). The Morgan fingerprint density at radius 1 is 1.37 bits per heavy atom. The molecule has 1 saturated carbocycles. The van der Waals surface area contributed by atoms with Crippen LogP contribution in [-0.4, -0.2) is 11.9 Å². The first-order valence-electron chi connectivity index (χ1n) is 7.10. The molecule has 19 heavy (non-hydrogen) atoms. The lowest BCUT2D eigenvalue weighted by Crippen LogP contribution is -2.41. The van der Waals surface area contributed by atoms with Gasteiger partial charge in [0.1, 0.15) is 0 Å². The summed E-state index contributed by atoms with van der Waals surface area (Å²) in [4.78, 5) is 12.1. The van der Waals surface area contributed by atoms with Gasteiger partial charge >= 0.3 is 0 Å². The lowest BCUT2D eigenvalue weighted by molar-refractivity contribution is -0.121. The van der Waals surface area contributed by atoms with E-state index in [4.69, 9.17) is 11.6 Å². The normalized spacial score (nSPS) is 23.1. The van der Waals surface area contributed by atoms with Gasteiger partial charge in [-0.05, 0) is 48.9 Å². The first-order chi connectivity index (χ1) is 9.06. The van der Waals surface area contributed by atoms with Gasteiger partial charge in [0, 0.05) is 11.1 Å². The van der Waals surface area contributed by atoms with Crippen LogP contribution in [0.15, 0.2) is 18.2 Å². The Hall–Kier alpha value is -1.02. The van der Waals surface area contributed by atoms with Crippen molar-refractivity contribution in [3.8, 4) is 0 Å². The zero-order valence-corrected chi connectivity index (χ0v) is 12.5. The SMILES string of the molecule is Cc1cc(Cl)ccc1CC(=O)NC1CCCCC1C. The Kier molecular flexibility index (Phi) is 4.87. The molecule has 0 saturated heterocycles. The van der Waals surface area contributed by atoms with Crippen LogP contribution in [0.1, 0.15) is 43.7 Å². The lowest BCUT2D eigenvalue weighted by atomic mass is 9.86. The third-order valence-electron chi connectivity index (χ3n) is 4.11. The molecular formula is C16H22ClNO. The molecule has 1 aromatic rings. The number of rotatable bonds is 3. The van der Waals surface area contributed by atoms with E-state index in [2.05, 4.69) is 12.2 Å². The second-order valence-corrected chi connectivity index (χ2v) is 6.12. The van der Waals surface area contributed by atoms with E-state index in [1.807, 2.05) is 25.1 Å². The average molecular weight is 280 g/mol. The van der Waals surface area contributed by atoms with Crippen molar-refractivity contribution in [3.63, 3.8) is 0 Å². The summed E-state index contributed by atoms with van der Waals surface area (Å²) in [7, 11) is 0. The molecule has 0 spiro atoms. The summed E-state index contributed by atoms with van der Waals surface area (Å²) in [6, 6.07) is 6.06. The number of benzene rings is 1. The Morgan fingerprint density at radius 3 is 2.79 bits per heavy atom.